The van der Waals surface area contributed by atoms with E-state index in [2.05, 4.69) is 10.4 Å². The Kier molecular flexibility index (Phi) is 6.02. The summed E-state index contributed by atoms with van der Waals surface area (Å²) in [7, 11) is 0. The zero-order valence-electron chi connectivity index (χ0n) is 17.9. The van der Waals surface area contributed by atoms with Crippen LogP contribution in [0.4, 0.5) is 11.4 Å². The van der Waals surface area contributed by atoms with Crippen LogP contribution in [0.25, 0.3) is 0 Å². The molecule has 8 nitrogen and oxygen atoms in total. The first-order chi connectivity index (χ1) is 15.5. The number of carbonyl (C=O) groups is 2. The second-order valence-corrected chi connectivity index (χ2v) is 7.58. The smallest absolute Gasteiger partial charge is 0.278 e. The fourth-order valence-electron chi connectivity index (χ4n) is 3.81. The zero-order valence-corrected chi connectivity index (χ0v) is 17.9. The van der Waals surface area contributed by atoms with Crippen molar-refractivity contribution in [2.24, 2.45) is 0 Å². The minimum absolute atomic E-state index is 0.0231. The molecule has 2 aromatic carbocycles. The maximum absolute atomic E-state index is 13.2. The first-order valence-corrected chi connectivity index (χ1v) is 10.5. The molecule has 1 N–H and O–H groups in total. The molecule has 8 heteroatoms. The van der Waals surface area contributed by atoms with Gasteiger partial charge in [-0.3, -0.25) is 14.4 Å². The van der Waals surface area contributed by atoms with Crippen molar-refractivity contribution in [2.75, 3.05) is 16.8 Å². The molecule has 1 aliphatic rings. The summed E-state index contributed by atoms with van der Waals surface area (Å²) >= 11 is 0. The number of amides is 2. The van der Waals surface area contributed by atoms with E-state index in [4.69, 9.17) is 4.74 Å². The minimum atomic E-state index is -0.460. The molecule has 0 unspecified atom stereocenters. The molecule has 0 fully saturated rings. The van der Waals surface area contributed by atoms with Gasteiger partial charge in [-0.1, -0.05) is 18.2 Å². The van der Waals surface area contributed by atoms with E-state index in [1.165, 1.54) is 12.1 Å². The predicted molar refractivity (Wildman–Crippen MR) is 121 cm³/mol. The summed E-state index contributed by atoms with van der Waals surface area (Å²) in [5, 5.41) is 6.90. The molecule has 32 heavy (non-hydrogen) atoms. The number of hydrogen-bond donors (Lipinski definition) is 1. The minimum Gasteiger partial charge on any atom is -0.494 e. The van der Waals surface area contributed by atoms with Crippen molar-refractivity contribution >= 4 is 23.2 Å². The summed E-state index contributed by atoms with van der Waals surface area (Å²) < 4.78 is 6.38. The molecule has 0 aliphatic carbocycles. The van der Waals surface area contributed by atoms with Crippen molar-refractivity contribution < 1.29 is 14.3 Å². The highest BCUT2D eigenvalue weighted by Gasteiger charge is 2.32. The lowest BCUT2D eigenvalue weighted by Crippen LogP contribution is -2.38. The van der Waals surface area contributed by atoms with Gasteiger partial charge in [-0.2, -0.15) is 5.10 Å². The summed E-state index contributed by atoms with van der Waals surface area (Å²) in [5.74, 6) is -0.0244. The van der Waals surface area contributed by atoms with E-state index in [0.717, 1.165) is 22.4 Å². The monoisotopic (exact) mass is 432 g/mol. The van der Waals surface area contributed by atoms with Gasteiger partial charge in [0.25, 0.3) is 11.5 Å². The summed E-state index contributed by atoms with van der Waals surface area (Å²) in [4.78, 5) is 39.6. The number of nitrogens with zero attached hydrogens (tertiary/aromatic N) is 3. The second kappa shape index (κ2) is 9.05. The molecule has 1 atom stereocenters. The van der Waals surface area contributed by atoms with Gasteiger partial charge in [-0.15, -0.1) is 0 Å². The quantitative estimate of drug-likeness (QED) is 0.647. The Morgan fingerprint density at radius 2 is 1.84 bits per heavy atom. The number of fused-ring (bicyclic) bond motifs is 1. The van der Waals surface area contributed by atoms with Gasteiger partial charge >= 0.3 is 0 Å². The zero-order chi connectivity index (χ0) is 22.7. The number of anilines is 2. The first-order valence-electron chi connectivity index (χ1n) is 10.5. The molecule has 164 valence electrons. The van der Waals surface area contributed by atoms with E-state index in [9.17, 15) is 14.4 Å². The molecule has 0 saturated heterocycles. The van der Waals surface area contributed by atoms with E-state index in [1.54, 1.807) is 29.2 Å². The third kappa shape index (κ3) is 4.39. The largest absolute Gasteiger partial charge is 0.494 e. The van der Waals surface area contributed by atoms with E-state index in [-0.39, 0.29) is 24.2 Å². The third-order valence-corrected chi connectivity index (χ3v) is 5.25. The van der Waals surface area contributed by atoms with Crippen LogP contribution >= 0.6 is 0 Å². The predicted octanol–water partition coefficient (Wildman–Crippen LogP) is 2.87. The highest BCUT2D eigenvalue weighted by molar-refractivity contribution is 6.06. The number of rotatable bonds is 6. The average molecular weight is 432 g/mol. The summed E-state index contributed by atoms with van der Waals surface area (Å²) in [6.07, 6.45) is 0.756. The lowest BCUT2D eigenvalue weighted by atomic mass is 10.1. The van der Waals surface area contributed by atoms with E-state index < -0.39 is 11.5 Å². The normalized spacial score (nSPS) is 14.7. The number of para-hydroxylation sites is 1. The van der Waals surface area contributed by atoms with E-state index in [1.807, 2.05) is 38.1 Å². The Bertz CT molecular complexity index is 1200. The molecule has 3 aromatic rings. The molecule has 0 spiro atoms. The van der Waals surface area contributed by atoms with Gasteiger partial charge in [0.05, 0.1) is 6.61 Å². The molecule has 2 heterocycles. The van der Waals surface area contributed by atoms with Crippen LogP contribution in [0.3, 0.4) is 0 Å². The molecule has 0 saturated carbocycles. The summed E-state index contributed by atoms with van der Waals surface area (Å²) in [6.45, 7) is 4.11. The number of carbonyl (C=O) groups excluding carboxylic acids is 2. The molecule has 0 bridgehead atoms. The van der Waals surface area contributed by atoms with Crippen LogP contribution in [0, 0.1) is 0 Å². The summed E-state index contributed by atoms with van der Waals surface area (Å²) in [6, 6.07) is 17.3. The van der Waals surface area contributed by atoms with Crippen LogP contribution in [0.2, 0.25) is 0 Å². The van der Waals surface area contributed by atoms with Crippen molar-refractivity contribution in [3.63, 3.8) is 0 Å². The number of ether oxygens (including phenoxy) is 1. The Morgan fingerprint density at radius 3 is 2.59 bits per heavy atom. The number of nitrogens with one attached hydrogen (secondary N) is 1. The molecular formula is C24H24N4O4. The van der Waals surface area contributed by atoms with Crippen molar-refractivity contribution in [2.45, 2.75) is 32.9 Å². The average Bonchev–Trinajstić information content (AvgIpc) is 3.12. The van der Waals surface area contributed by atoms with Gasteiger partial charge in [-0.25, -0.2) is 4.68 Å². The molecule has 2 amide bonds. The Morgan fingerprint density at radius 1 is 1.09 bits per heavy atom. The highest BCUT2D eigenvalue weighted by atomic mass is 16.5. The molecule has 4 rings (SSSR count). The molecule has 0 radical (unpaired) electrons. The Balaban J connectivity index is 1.50. The molecule has 1 aliphatic heterocycles. The van der Waals surface area contributed by atoms with Gasteiger partial charge < -0.3 is 15.0 Å². The van der Waals surface area contributed by atoms with Crippen molar-refractivity contribution in [3.05, 3.63) is 82.3 Å². The lowest BCUT2D eigenvalue weighted by Gasteiger charge is -2.22. The second-order valence-electron chi connectivity index (χ2n) is 7.58. The van der Waals surface area contributed by atoms with Crippen LogP contribution in [0.5, 0.6) is 5.75 Å². The van der Waals surface area contributed by atoms with Gasteiger partial charge in [0.15, 0.2) is 0 Å². The van der Waals surface area contributed by atoms with Crippen LogP contribution in [0.15, 0.2) is 65.5 Å². The van der Waals surface area contributed by atoms with E-state index in [0.29, 0.717) is 18.0 Å². The topological polar surface area (TPSA) is 93.5 Å². The van der Waals surface area contributed by atoms with Crippen molar-refractivity contribution in [1.82, 2.24) is 9.78 Å². The van der Waals surface area contributed by atoms with Crippen LogP contribution in [0.1, 0.15) is 29.9 Å². The lowest BCUT2D eigenvalue weighted by molar-refractivity contribution is -0.117. The van der Waals surface area contributed by atoms with Gasteiger partial charge in [0.2, 0.25) is 5.91 Å². The molecular weight excluding hydrogens is 408 g/mol. The Labute approximate surface area is 185 Å². The van der Waals surface area contributed by atoms with E-state index >= 15 is 0 Å². The number of aromatic nitrogens is 2. The highest BCUT2D eigenvalue weighted by Crippen LogP contribution is 2.32. The number of benzene rings is 2. The first kappa shape index (κ1) is 21.3. The Hall–Kier alpha value is -3.94. The fourth-order valence-corrected chi connectivity index (χ4v) is 3.81. The van der Waals surface area contributed by atoms with Crippen LogP contribution in [-0.2, 0) is 17.8 Å². The van der Waals surface area contributed by atoms with Crippen LogP contribution < -0.4 is 20.5 Å². The third-order valence-electron chi connectivity index (χ3n) is 5.25. The number of hydrogen-bond acceptors (Lipinski definition) is 5. The van der Waals surface area contributed by atoms with Crippen molar-refractivity contribution in [1.29, 1.82) is 0 Å². The molecule has 1 aromatic heterocycles. The van der Waals surface area contributed by atoms with Crippen molar-refractivity contribution in [3.8, 4) is 5.75 Å². The van der Waals surface area contributed by atoms with Crippen LogP contribution in [-0.4, -0.2) is 34.2 Å². The van der Waals surface area contributed by atoms with Gasteiger partial charge in [-0.05, 0) is 62.2 Å². The maximum Gasteiger partial charge on any atom is 0.278 e. The fraction of sp³-hybridized carbons (Fsp3) is 0.250. The summed E-state index contributed by atoms with van der Waals surface area (Å²) in [5.41, 5.74) is 2.16. The van der Waals surface area contributed by atoms with Gasteiger partial charge in [0, 0.05) is 23.5 Å². The standard InChI is InChI=1S/C24H24N4O4/c1-3-32-19-10-8-18(9-11-19)25-22(29)15-27-23(30)13-12-20(26-27)24(31)28-16(2)14-17-6-4-5-7-21(17)28/h4-13,16H,3,14-15H2,1-2H3,(H,25,29)/t16-/m0/s1. The SMILES string of the molecule is CCOc1ccc(NC(=O)Cn2nc(C(=O)N3c4ccccc4C[C@@H]3C)ccc2=O)cc1. The maximum atomic E-state index is 13.2. The van der Waals surface area contributed by atoms with Gasteiger partial charge in [0.1, 0.15) is 18.0 Å².